The van der Waals surface area contributed by atoms with Crippen molar-refractivity contribution in [3.63, 3.8) is 0 Å². The normalized spacial score (nSPS) is 25.2. The Kier molecular flexibility index (Phi) is 12.9. The number of hydrogen-bond donors (Lipinski definition) is 0. The number of rotatable bonds is 12. The Morgan fingerprint density at radius 3 is 2.00 bits per heavy atom. The molecule has 1 aromatic rings. The third kappa shape index (κ3) is 9.76. The van der Waals surface area contributed by atoms with E-state index in [4.69, 9.17) is 0 Å². The monoisotopic (exact) mass is 598 g/mol. The molecule has 0 spiro atoms. The summed E-state index contributed by atoms with van der Waals surface area (Å²) < 4.78 is 4.01. The fraction of sp³-hybridized carbons (Fsp3) is 0.524. The maximum Gasteiger partial charge on any atom is 0.214 e. The topological polar surface area (TPSA) is 34.1 Å². The Bertz CT molecular complexity index is 809. The quantitative estimate of drug-likeness (QED) is 0.178. The van der Waals surface area contributed by atoms with Crippen molar-refractivity contribution in [2.24, 2.45) is 0 Å². The molecule has 32 heavy (non-hydrogen) atoms. The van der Waals surface area contributed by atoms with Crippen LogP contribution in [0.25, 0.3) is 0 Å². The lowest BCUT2D eigenvalue weighted by atomic mass is 10.4. The van der Waals surface area contributed by atoms with Gasteiger partial charge in [-0.25, -0.2) is 0 Å². The van der Waals surface area contributed by atoms with E-state index in [0.717, 1.165) is 34.5 Å². The fourth-order valence-corrected chi connectivity index (χ4v) is 15.6. The minimum Gasteiger partial charge on any atom is -0.282 e. The first-order valence-corrected chi connectivity index (χ1v) is 18.7. The van der Waals surface area contributed by atoms with Gasteiger partial charge < -0.3 is 0 Å². The highest BCUT2D eigenvalue weighted by Crippen LogP contribution is 2.45. The summed E-state index contributed by atoms with van der Waals surface area (Å²) in [5.41, 5.74) is 0.646. The Hall–Kier alpha value is 1.32. The average molecular weight is 599 g/mol. The second-order valence-corrected chi connectivity index (χ2v) is 18.8. The van der Waals surface area contributed by atoms with E-state index in [1.165, 1.54) is 38.0 Å². The molecular weight excluding hydrogens is 573 g/mol. The van der Waals surface area contributed by atoms with Crippen LogP contribution in [0.2, 0.25) is 0 Å². The van der Waals surface area contributed by atoms with Crippen LogP contribution in [0.1, 0.15) is 6.92 Å². The van der Waals surface area contributed by atoms with Crippen LogP contribution in [0.15, 0.2) is 45.4 Å². The molecule has 0 radical (unpaired) electrons. The fourth-order valence-electron chi connectivity index (χ4n) is 2.65. The molecule has 3 rings (SSSR count). The largest absolute Gasteiger partial charge is 0.282 e. The van der Waals surface area contributed by atoms with Gasteiger partial charge in [0.1, 0.15) is 0 Å². The lowest BCUT2D eigenvalue weighted by Crippen LogP contribution is -2.08. The van der Waals surface area contributed by atoms with Gasteiger partial charge in [0.05, 0.1) is 17.6 Å². The Labute approximate surface area is 229 Å². The molecule has 3 heterocycles. The zero-order valence-corrected chi connectivity index (χ0v) is 25.0. The smallest absolute Gasteiger partial charge is 0.214 e. The summed E-state index contributed by atoms with van der Waals surface area (Å²) in [6.45, 7) is 9.06. The molecular formula is C21H26O2S9. The van der Waals surface area contributed by atoms with Crippen molar-refractivity contribution in [2.75, 3.05) is 34.5 Å². The van der Waals surface area contributed by atoms with E-state index in [-0.39, 0.29) is 10.2 Å². The predicted octanol–water partition coefficient (Wildman–Crippen LogP) is 7.56. The number of thioether (sulfide) groups is 8. The van der Waals surface area contributed by atoms with Crippen molar-refractivity contribution in [3.05, 3.63) is 36.9 Å². The molecule has 0 bridgehead atoms. The molecule has 4 atom stereocenters. The molecule has 11 heteroatoms. The average Bonchev–Trinajstić information content (AvgIpc) is 3.53. The van der Waals surface area contributed by atoms with E-state index >= 15 is 0 Å². The first kappa shape index (κ1) is 27.9. The summed E-state index contributed by atoms with van der Waals surface area (Å²) >= 11 is 16.8. The SMILES string of the molecule is C=CC(=O)SCC1CSC(CSc2ccc(SCC3SCC(CSC(=O)C(=C)C)S3)s2)S1. The summed E-state index contributed by atoms with van der Waals surface area (Å²) in [5, 5.41) is 1.34. The zero-order valence-electron chi connectivity index (χ0n) is 17.7. The summed E-state index contributed by atoms with van der Waals surface area (Å²) in [7, 11) is 0. The van der Waals surface area contributed by atoms with E-state index in [1.54, 1.807) is 6.92 Å². The van der Waals surface area contributed by atoms with Crippen LogP contribution in [-0.2, 0) is 9.59 Å². The van der Waals surface area contributed by atoms with E-state index in [9.17, 15) is 9.59 Å². The molecule has 0 N–H and O–H groups in total. The van der Waals surface area contributed by atoms with Gasteiger partial charge in [0.25, 0.3) is 0 Å². The number of thiophene rings is 1. The minimum absolute atomic E-state index is 0.0822. The van der Waals surface area contributed by atoms with Crippen molar-refractivity contribution < 1.29 is 9.59 Å². The molecule has 4 unspecified atom stereocenters. The third-order valence-electron chi connectivity index (χ3n) is 4.23. The van der Waals surface area contributed by atoms with Gasteiger partial charge in [0, 0.05) is 45.0 Å². The van der Waals surface area contributed by atoms with Gasteiger partial charge in [-0.15, -0.1) is 81.9 Å². The van der Waals surface area contributed by atoms with Gasteiger partial charge in [0.15, 0.2) is 0 Å². The molecule has 176 valence electrons. The summed E-state index contributed by atoms with van der Waals surface area (Å²) in [6.07, 6.45) is 1.41. The Balaban J connectivity index is 1.30. The lowest BCUT2D eigenvalue weighted by molar-refractivity contribution is -0.108. The van der Waals surface area contributed by atoms with Gasteiger partial charge in [-0.05, 0) is 30.7 Å². The van der Waals surface area contributed by atoms with Gasteiger partial charge in [-0.2, -0.15) is 0 Å². The second kappa shape index (κ2) is 14.8. The Morgan fingerprint density at radius 1 is 0.969 bits per heavy atom. The van der Waals surface area contributed by atoms with Gasteiger partial charge in [-0.3, -0.25) is 9.59 Å². The standard InChI is InChI=1S/C21H26O2S9/c1-4-16(22)24-7-14-8-25-19(30-14)11-27-17-5-6-18(32-17)28-12-20-26-9-15(31-20)10-29-21(23)13(2)3/h4-6,14-15,19-20H,1-2,7-12H2,3H3. The van der Waals surface area contributed by atoms with Crippen LogP contribution in [0.5, 0.6) is 0 Å². The zero-order chi connectivity index (χ0) is 22.9. The van der Waals surface area contributed by atoms with Crippen LogP contribution >= 0.6 is 105 Å². The third-order valence-corrected chi connectivity index (χ3v) is 18.0. The molecule has 2 fully saturated rings. The summed E-state index contributed by atoms with van der Waals surface area (Å²) in [4.78, 5) is 23.1. The molecule has 1 aromatic heterocycles. The number of carbonyl (C=O) groups is 2. The molecule has 2 saturated heterocycles. The number of carbonyl (C=O) groups excluding carboxylic acids is 2. The minimum atomic E-state index is 0.0822. The maximum absolute atomic E-state index is 11.7. The van der Waals surface area contributed by atoms with Gasteiger partial charge >= 0.3 is 0 Å². The molecule has 2 nitrogen and oxygen atoms in total. The molecule has 0 saturated carbocycles. The number of hydrogen-bond acceptors (Lipinski definition) is 11. The van der Waals surface area contributed by atoms with Crippen LogP contribution in [0.4, 0.5) is 0 Å². The molecule has 0 aromatic carbocycles. The van der Waals surface area contributed by atoms with Crippen LogP contribution in [0.3, 0.4) is 0 Å². The summed E-state index contributed by atoms with van der Waals surface area (Å²) in [6, 6.07) is 4.52. The first-order valence-electron chi connectivity index (χ1n) is 9.94. The van der Waals surface area contributed by atoms with E-state index in [1.807, 2.05) is 81.9 Å². The van der Waals surface area contributed by atoms with E-state index < -0.39 is 0 Å². The Morgan fingerprint density at radius 2 is 1.50 bits per heavy atom. The van der Waals surface area contributed by atoms with Crippen LogP contribution in [-0.4, -0.2) is 64.4 Å². The van der Waals surface area contributed by atoms with Crippen molar-refractivity contribution >= 4 is 116 Å². The summed E-state index contributed by atoms with van der Waals surface area (Å²) in [5.74, 6) is 6.29. The molecule has 2 aliphatic rings. The van der Waals surface area contributed by atoms with E-state index in [2.05, 4.69) is 25.3 Å². The van der Waals surface area contributed by atoms with Crippen molar-refractivity contribution in [1.29, 1.82) is 0 Å². The van der Waals surface area contributed by atoms with Crippen molar-refractivity contribution in [3.8, 4) is 0 Å². The highest BCUT2D eigenvalue weighted by Gasteiger charge is 2.28. The van der Waals surface area contributed by atoms with Crippen molar-refractivity contribution in [1.82, 2.24) is 0 Å². The highest BCUT2D eigenvalue weighted by atomic mass is 32.2. The molecule has 2 aliphatic heterocycles. The van der Waals surface area contributed by atoms with Crippen LogP contribution in [0, 0.1) is 0 Å². The van der Waals surface area contributed by atoms with Crippen molar-refractivity contribution in [2.45, 2.75) is 35.0 Å². The highest BCUT2D eigenvalue weighted by molar-refractivity contribution is 8.23. The van der Waals surface area contributed by atoms with Gasteiger partial charge in [-0.1, -0.05) is 36.7 Å². The maximum atomic E-state index is 11.7. The van der Waals surface area contributed by atoms with Gasteiger partial charge in [0.2, 0.25) is 10.2 Å². The predicted molar refractivity (Wildman–Crippen MR) is 161 cm³/mol. The lowest BCUT2D eigenvalue weighted by Gasteiger charge is -2.09. The molecule has 0 aliphatic carbocycles. The van der Waals surface area contributed by atoms with Crippen LogP contribution < -0.4 is 0 Å². The first-order chi connectivity index (χ1) is 15.4. The van der Waals surface area contributed by atoms with E-state index in [0.29, 0.717) is 25.2 Å². The molecule has 0 amide bonds. The second-order valence-electron chi connectivity index (χ2n) is 6.95.